The molecule has 29 heavy (non-hydrogen) atoms. The van der Waals surface area contributed by atoms with Crippen LogP contribution in [0.3, 0.4) is 0 Å². The minimum absolute atomic E-state index is 0.0475. The van der Waals surface area contributed by atoms with Crippen molar-refractivity contribution in [3.63, 3.8) is 0 Å². The lowest BCUT2D eigenvalue weighted by atomic mass is 9.96. The topological polar surface area (TPSA) is 32.3 Å². The Balaban J connectivity index is 1.37. The zero-order chi connectivity index (χ0) is 20.6. The van der Waals surface area contributed by atoms with Gasteiger partial charge in [-0.1, -0.05) is 59.1 Å². The van der Waals surface area contributed by atoms with Crippen LogP contribution in [0.25, 0.3) is 0 Å². The number of rotatable bonds is 8. The van der Waals surface area contributed by atoms with Gasteiger partial charge in [-0.3, -0.25) is 9.69 Å². The van der Waals surface area contributed by atoms with Gasteiger partial charge in [-0.25, -0.2) is 0 Å². The number of hydrogen-bond donors (Lipinski definition) is 1. The zero-order valence-corrected chi connectivity index (χ0v) is 19.3. The zero-order valence-electron chi connectivity index (χ0n) is 16.2. The van der Waals surface area contributed by atoms with Gasteiger partial charge in [-0.15, -0.1) is 0 Å². The molecule has 1 unspecified atom stereocenters. The van der Waals surface area contributed by atoms with E-state index in [1.807, 2.05) is 36.4 Å². The molecule has 1 N–H and O–H groups in total. The van der Waals surface area contributed by atoms with Crippen LogP contribution in [-0.4, -0.2) is 36.2 Å². The van der Waals surface area contributed by atoms with Crippen LogP contribution in [0.2, 0.25) is 15.1 Å². The molecular weight excluding hydrogens is 447 g/mol. The maximum atomic E-state index is 12.6. The summed E-state index contributed by atoms with van der Waals surface area (Å²) in [5.74, 6) is 1.92. The first-order chi connectivity index (χ1) is 14.0. The molecule has 2 aromatic rings. The molecule has 1 atom stereocenters. The standard InChI is InChI=1S/C22H25Cl3N2OS/c23-19-6-2-1-4-17(19)13-27-10-3-5-18(14-27)22(28)26-9-11-29-15-16-7-8-20(24)21(25)12-16/h1-2,4,6-8,12,18H,3,5,9-11,13-15H2,(H,26,28). The average molecular weight is 472 g/mol. The van der Waals surface area contributed by atoms with Crippen molar-refractivity contribution in [1.29, 1.82) is 0 Å². The number of amides is 1. The van der Waals surface area contributed by atoms with E-state index in [4.69, 9.17) is 34.8 Å². The van der Waals surface area contributed by atoms with Crippen LogP contribution in [0.4, 0.5) is 0 Å². The third kappa shape index (κ3) is 7.08. The fourth-order valence-corrected chi connectivity index (χ4v) is 4.81. The lowest BCUT2D eigenvalue weighted by Crippen LogP contribution is -2.43. The van der Waals surface area contributed by atoms with Gasteiger partial charge in [-0.2, -0.15) is 11.8 Å². The maximum absolute atomic E-state index is 12.6. The first kappa shape index (κ1) is 22.8. The summed E-state index contributed by atoms with van der Waals surface area (Å²) in [6.45, 7) is 3.26. The van der Waals surface area contributed by atoms with Crippen molar-refractivity contribution in [2.24, 2.45) is 5.92 Å². The van der Waals surface area contributed by atoms with Crippen LogP contribution in [0.5, 0.6) is 0 Å². The number of piperidine rings is 1. The Morgan fingerprint density at radius 1 is 1.10 bits per heavy atom. The fraction of sp³-hybridized carbons (Fsp3) is 0.409. The average Bonchev–Trinajstić information content (AvgIpc) is 2.72. The Morgan fingerprint density at radius 3 is 2.72 bits per heavy atom. The molecule has 2 aromatic carbocycles. The molecule has 0 bridgehead atoms. The number of carbonyl (C=O) groups is 1. The van der Waals surface area contributed by atoms with Gasteiger partial charge >= 0.3 is 0 Å². The number of nitrogens with one attached hydrogen (secondary N) is 1. The maximum Gasteiger partial charge on any atom is 0.224 e. The summed E-state index contributed by atoms with van der Waals surface area (Å²) in [5.41, 5.74) is 2.26. The van der Waals surface area contributed by atoms with E-state index in [0.29, 0.717) is 16.6 Å². The molecule has 1 fully saturated rings. The molecule has 7 heteroatoms. The number of thioether (sulfide) groups is 1. The minimum Gasteiger partial charge on any atom is -0.355 e. The van der Waals surface area contributed by atoms with E-state index >= 15 is 0 Å². The second-order valence-electron chi connectivity index (χ2n) is 7.26. The van der Waals surface area contributed by atoms with Gasteiger partial charge < -0.3 is 5.32 Å². The molecule has 1 heterocycles. The van der Waals surface area contributed by atoms with Gasteiger partial charge in [0.15, 0.2) is 0 Å². The highest BCUT2D eigenvalue weighted by atomic mass is 35.5. The van der Waals surface area contributed by atoms with E-state index in [9.17, 15) is 4.79 Å². The number of benzene rings is 2. The van der Waals surface area contributed by atoms with Gasteiger partial charge in [0, 0.05) is 36.2 Å². The normalized spacial score (nSPS) is 17.3. The van der Waals surface area contributed by atoms with Gasteiger partial charge in [-0.05, 0) is 48.7 Å². The van der Waals surface area contributed by atoms with Crippen LogP contribution < -0.4 is 5.32 Å². The summed E-state index contributed by atoms with van der Waals surface area (Å²) in [6.07, 6.45) is 1.98. The number of likely N-dealkylation sites (tertiary alicyclic amines) is 1. The number of hydrogen-bond acceptors (Lipinski definition) is 3. The van der Waals surface area contributed by atoms with E-state index < -0.39 is 0 Å². The van der Waals surface area contributed by atoms with E-state index in [1.54, 1.807) is 11.8 Å². The molecule has 0 radical (unpaired) electrons. The minimum atomic E-state index is 0.0475. The Hall–Kier alpha value is -0.910. The van der Waals surface area contributed by atoms with E-state index in [1.165, 1.54) is 0 Å². The molecule has 0 saturated carbocycles. The Morgan fingerprint density at radius 2 is 1.93 bits per heavy atom. The second-order valence-corrected chi connectivity index (χ2v) is 9.58. The molecule has 1 aliphatic heterocycles. The highest BCUT2D eigenvalue weighted by molar-refractivity contribution is 7.98. The van der Waals surface area contributed by atoms with Crippen LogP contribution in [-0.2, 0) is 17.1 Å². The highest BCUT2D eigenvalue weighted by Gasteiger charge is 2.25. The summed E-state index contributed by atoms with van der Waals surface area (Å²) in [5, 5.41) is 5.04. The summed E-state index contributed by atoms with van der Waals surface area (Å²) in [7, 11) is 0. The molecule has 0 aliphatic carbocycles. The van der Waals surface area contributed by atoms with E-state index in [-0.39, 0.29) is 11.8 Å². The van der Waals surface area contributed by atoms with Crippen molar-refractivity contribution in [1.82, 2.24) is 10.2 Å². The third-order valence-electron chi connectivity index (χ3n) is 5.03. The molecule has 3 rings (SSSR count). The highest BCUT2D eigenvalue weighted by Crippen LogP contribution is 2.25. The SMILES string of the molecule is O=C(NCCSCc1ccc(Cl)c(Cl)c1)C1CCCN(Cc2ccccc2Cl)C1. The van der Waals surface area contributed by atoms with Crippen LogP contribution in [0.1, 0.15) is 24.0 Å². The second kappa shape index (κ2) is 11.5. The predicted molar refractivity (Wildman–Crippen MR) is 125 cm³/mol. The Kier molecular flexibility index (Phi) is 9.01. The van der Waals surface area contributed by atoms with Gasteiger partial charge in [0.1, 0.15) is 0 Å². The molecule has 156 valence electrons. The number of nitrogens with zero attached hydrogens (tertiary/aromatic N) is 1. The number of halogens is 3. The quantitative estimate of drug-likeness (QED) is 0.486. The lowest BCUT2D eigenvalue weighted by Gasteiger charge is -2.32. The van der Waals surface area contributed by atoms with Crippen molar-refractivity contribution < 1.29 is 4.79 Å². The fourth-order valence-electron chi connectivity index (χ4n) is 3.49. The van der Waals surface area contributed by atoms with E-state index in [2.05, 4.69) is 16.3 Å². The smallest absolute Gasteiger partial charge is 0.224 e. The van der Waals surface area contributed by atoms with Crippen LogP contribution in [0.15, 0.2) is 42.5 Å². The van der Waals surface area contributed by atoms with Crippen molar-refractivity contribution in [2.75, 3.05) is 25.4 Å². The first-order valence-corrected chi connectivity index (χ1v) is 12.1. The van der Waals surface area contributed by atoms with Crippen molar-refractivity contribution >= 4 is 52.5 Å². The van der Waals surface area contributed by atoms with Crippen molar-refractivity contribution in [2.45, 2.75) is 25.1 Å². The Labute approximate surface area is 192 Å². The van der Waals surface area contributed by atoms with Crippen LogP contribution >= 0.6 is 46.6 Å². The third-order valence-corrected chi connectivity index (χ3v) is 7.16. The van der Waals surface area contributed by atoms with E-state index in [0.717, 1.165) is 60.1 Å². The molecule has 1 aliphatic rings. The van der Waals surface area contributed by atoms with Gasteiger partial charge in [0.2, 0.25) is 5.91 Å². The molecule has 0 aromatic heterocycles. The van der Waals surface area contributed by atoms with Crippen molar-refractivity contribution in [3.8, 4) is 0 Å². The summed E-state index contributed by atoms with van der Waals surface area (Å²) in [6, 6.07) is 13.6. The lowest BCUT2D eigenvalue weighted by molar-refractivity contribution is -0.126. The predicted octanol–water partition coefficient (Wildman–Crippen LogP) is 5.91. The van der Waals surface area contributed by atoms with Gasteiger partial charge in [0.05, 0.1) is 16.0 Å². The molecule has 0 spiro atoms. The molecule has 1 amide bonds. The largest absolute Gasteiger partial charge is 0.355 e. The molecule has 1 saturated heterocycles. The molecule has 3 nitrogen and oxygen atoms in total. The summed E-state index contributed by atoms with van der Waals surface area (Å²) >= 11 is 20.0. The Bertz CT molecular complexity index is 833. The first-order valence-electron chi connectivity index (χ1n) is 9.78. The number of carbonyl (C=O) groups excluding carboxylic acids is 1. The monoisotopic (exact) mass is 470 g/mol. The summed E-state index contributed by atoms with van der Waals surface area (Å²) in [4.78, 5) is 14.9. The van der Waals surface area contributed by atoms with Crippen LogP contribution in [0, 0.1) is 5.92 Å². The van der Waals surface area contributed by atoms with Gasteiger partial charge in [0.25, 0.3) is 0 Å². The summed E-state index contributed by atoms with van der Waals surface area (Å²) < 4.78 is 0. The van der Waals surface area contributed by atoms with Crippen molar-refractivity contribution in [3.05, 3.63) is 68.7 Å². The molecular formula is C22H25Cl3N2OS.